The number of piperidine rings is 1. The third kappa shape index (κ3) is 6.98. The Morgan fingerprint density at radius 1 is 0.933 bits per heavy atom. The zero-order valence-corrected chi connectivity index (χ0v) is 26.0. The molecule has 1 saturated heterocycles. The Labute approximate surface area is 269 Å². The quantitative estimate of drug-likeness (QED) is 0.224. The zero-order valence-electron chi connectivity index (χ0n) is 24.5. The summed E-state index contributed by atoms with van der Waals surface area (Å²) in [6, 6.07) is 20.1. The number of likely N-dealkylation sites (tertiary alicyclic amines) is 1. The Bertz CT molecular complexity index is 1730. The van der Waals surface area contributed by atoms with Crippen molar-refractivity contribution in [1.82, 2.24) is 14.8 Å². The highest BCUT2D eigenvalue weighted by molar-refractivity contribution is 6.36. The van der Waals surface area contributed by atoms with Gasteiger partial charge in [0.2, 0.25) is 5.91 Å². The molecule has 0 aliphatic carbocycles. The average molecular weight is 653 g/mol. The van der Waals surface area contributed by atoms with Gasteiger partial charge in [0.05, 0.1) is 5.69 Å². The first-order valence-corrected chi connectivity index (χ1v) is 15.0. The largest absolute Gasteiger partial charge is 0.484 e. The summed E-state index contributed by atoms with van der Waals surface area (Å²) in [5, 5.41) is 4.17. The molecule has 5 rings (SSSR count). The van der Waals surface area contributed by atoms with Gasteiger partial charge in [-0.25, -0.2) is 4.39 Å². The predicted octanol–water partition coefficient (Wildman–Crippen LogP) is 4.92. The van der Waals surface area contributed by atoms with Gasteiger partial charge in [-0.1, -0.05) is 41.4 Å². The minimum atomic E-state index is -1.01. The molecule has 0 unspecified atom stereocenters. The van der Waals surface area contributed by atoms with Gasteiger partial charge in [0, 0.05) is 47.9 Å². The van der Waals surface area contributed by atoms with Crippen molar-refractivity contribution in [1.29, 1.82) is 0 Å². The summed E-state index contributed by atoms with van der Waals surface area (Å²) >= 11 is 12.8. The smallest absolute Gasteiger partial charge is 0.270 e. The van der Waals surface area contributed by atoms with Crippen molar-refractivity contribution in [2.24, 2.45) is 18.5 Å². The third-order valence-electron chi connectivity index (χ3n) is 8.10. The zero-order chi connectivity index (χ0) is 32.3. The van der Waals surface area contributed by atoms with Gasteiger partial charge in [-0.2, -0.15) is 0 Å². The van der Waals surface area contributed by atoms with Crippen LogP contribution in [0.15, 0.2) is 72.8 Å². The van der Waals surface area contributed by atoms with E-state index >= 15 is 0 Å². The van der Waals surface area contributed by atoms with Crippen LogP contribution in [0.3, 0.4) is 0 Å². The van der Waals surface area contributed by atoms with E-state index in [2.05, 4.69) is 5.32 Å². The topological polar surface area (TPSA) is 133 Å². The van der Waals surface area contributed by atoms with Crippen molar-refractivity contribution >= 4 is 40.9 Å². The van der Waals surface area contributed by atoms with Gasteiger partial charge in [0.15, 0.2) is 6.61 Å². The lowest BCUT2D eigenvalue weighted by Crippen LogP contribution is -2.61. The van der Waals surface area contributed by atoms with Crippen molar-refractivity contribution in [3.63, 3.8) is 0 Å². The molecule has 2 heterocycles. The molecular formula is C33H32Cl2FN5O4. The molecule has 12 heteroatoms. The van der Waals surface area contributed by atoms with Gasteiger partial charge >= 0.3 is 0 Å². The van der Waals surface area contributed by atoms with E-state index in [4.69, 9.17) is 39.4 Å². The summed E-state index contributed by atoms with van der Waals surface area (Å²) in [6.07, 6.45) is 0.629. The van der Waals surface area contributed by atoms with Crippen LogP contribution in [-0.2, 0) is 23.2 Å². The molecule has 0 bridgehead atoms. The van der Waals surface area contributed by atoms with Crippen LogP contribution in [0.5, 0.6) is 5.75 Å². The first-order valence-electron chi connectivity index (χ1n) is 14.2. The molecule has 234 valence electrons. The van der Waals surface area contributed by atoms with Crippen molar-refractivity contribution in [3.8, 4) is 28.1 Å². The lowest BCUT2D eigenvalue weighted by atomic mass is 9.86. The molecule has 5 N–H and O–H groups in total. The minimum absolute atomic E-state index is 0.215. The molecule has 0 atom stereocenters. The Morgan fingerprint density at radius 2 is 1.60 bits per heavy atom. The third-order valence-corrected chi connectivity index (χ3v) is 8.65. The number of amides is 3. The van der Waals surface area contributed by atoms with Crippen molar-refractivity contribution in [3.05, 3.63) is 99.9 Å². The second-order valence-electron chi connectivity index (χ2n) is 11.0. The van der Waals surface area contributed by atoms with Gasteiger partial charge in [0.25, 0.3) is 11.8 Å². The normalized spacial score (nSPS) is 14.3. The van der Waals surface area contributed by atoms with Gasteiger partial charge in [0.1, 0.15) is 22.8 Å². The van der Waals surface area contributed by atoms with Crippen LogP contribution in [0.2, 0.25) is 10.0 Å². The number of nitrogens with two attached hydrogens (primary N) is 2. The predicted molar refractivity (Wildman–Crippen MR) is 171 cm³/mol. The van der Waals surface area contributed by atoms with E-state index in [1.54, 1.807) is 60.5 Å². The molecular weight excluding hydrogens is 620 g/mol. The molecule has 1 fully saturated rings. The number of benzene rings is 3. The van der Waals surface area contributed by atoms with E-state index in [9.17, 15) is 18.8 Å². The maximum atomic E-state index is 14.0. The maximum absolute atomic E-state index is 14.0. The van der Waals surface area contributed by atoms with Gasteiger partial charge in [-0.15, -0.1) is 0 Å². The summed E-state index contributed by atoms with van der Waals surface area (Å²) in [4.78, 5) is 39.4. The molecule has 9 nitrogen and oxygen atoms in total. The van der Waals surface area contributed by atoms with Crippen LogP contribution < -0.4 is 21.5 Å². The summed E-state index contributed by atoms with van der Waals surface area (Å²) < 4.78 is 20.5. The van der Waals surface area contributed by atoms with Crippen LogP contribution in [0.25, 0.3) is 22.4 Å². The van der Waals surface area contributed by atoms with Crippen molar-refractivity contribution < 1.29 is 23.5 Å². The number of rotatable bonds is 10. The van der Waals surface area contributed by atoms with Gasteiger partial charge in [-0.3, -0.25) is 19.7 Å². The van der Waals surface area contributed by atoms with E-state index in [0.717, 1.165) is 22.4 Å². The Kier molecular flexibility index (Phi) is 9.48. The molecule has 45 heavy (non-hydrogen) atoms. The molecule has 3 aromatic carbocycles. The number of hydrogen-bond acceptors (Lipinski definition) is 5. The first-order chi connectivity index (χ1) is 21.5. The molecule has 0 saturated carbocycles. The van der Waals surface area contributed by atoms with Crippen molar-refractivity contribution in [2.75, 3.05) is 19.7 Å². The summed E-state index contributed by atoms with van der Waals surface area (Å²) in [5.41, 5.74) is 14.2. The van der Waals surface area contributed by atoms with E-state index in [1.165, 1.54) is 12.1 Å². The van der Waals surface area contributed by atoms with E-state index in [0.29, 0.717) is 59.5 Å². The highest BCUT2D eigenvalue weighted by Gasteiger charge is 2.41. The average Bonchev–Trinajstić information content (AvgIpc) is 3.36. The van der Waals surface area contributed by atoms with Crippen molar-refractivity contribution in [2.45, 2.75) is 24.9 Å². The molecule has 1 aliphatic heterocycles. The molecule has 3 amide bonds. The molecule has 1 aromatic heterocycles. The number of aromatic nitrogens is 1. The number of ether oxygens (including phenoxy) is 1. The number of primary amides is 2. The number of hydrogen-bond donors (Lipinski definition) is 3. The van der Waals surface area contributed by atoms with Crippen LogP contribution in [-0.4, -0.2) is 52.4 Å². The number of nitrogens with one attached hydrogen (secondary N) is 1. The first kappa shape index (κ1) is 32.0. The van der Waals surface area contributed by atoms with Crippen LogP contribution in [0.4, 0.5) is 4.39 Å². The molecule has 4 aromatic rings. The second kappa shape index (κ2) is 13.3. The lowest BCUT2D eigenvalue weighted by molar-refractivity contribution is -0.126. The fraction of sp³-hybridized carbons (Fsp3) is 0.242. The van der Waals surface area contributed by atoms with E-state index < -0.39 is 17.4 Å². The second-order valence-corrected chi connectivity index (χ2v) is 11.8. The van der Waals surface area contributed by atoms with Gasteiger partial charge < -0.3 is 25.7 Å². The fourth-order valence-corrected chi connectivity index (χ4v) is 6.08. The maximum Gasteiger partial charge on any atom is 0.270 e. The minimum Gasteiger partial charge on any atom is -0.484 e. The number of nitrogens with zero attached hydrogens (tertiary/aromatic N) is 2. The lowest BCUT2D eigenvalue weighted by Gasteiger charge is -2.40. The Hall–Kier alpha value is -4.38. The number of halogens is 3. The summed E-state index contributed by atoms with van der Waals surface area (Å²) in [7, 11) is 1.80. The monoisotopic (exact) mass is 651 g/mol. The molecule has 0 spiro atoms. The highest BCUT2D eigenvalue weighted by Crippen LogP contribution is 2.40. The Morgan fingerprint density at radius 3 is 2.20 bits per heavy atom. The SMILES string of the molecule is Cn1c(C(=O)N2CCC(NCc3ccc(F)cc3)(C(N)=O)CC2)cc(-c2ccc(Cl)cc2Cl)c1-c1ccc(OCC(N)=O)cc1. The fourth-order valence-electron chi connectivity index (χ4n) is 5.57. The number of carbonyl (C=O) groups is 3. The van der Waals surface area contributed by atoms with Crippen LogP contribution >= 0.6 is 23.2 Å². The summed E-state index contributed by atoms with van der Waals surface area (Å²) in [6.45, 7) is 0.668. The molecule has 1 aliphatic rings. The van der Waals surface area contributed by atoms with Gasteiger partial charge in [-0.05, 0) is 78.6 Å². The standard InChI is InChI=1S/C33H32Cl2FN5O4/c1-40-28(31(43)41-14-12-33(13-15-41,32(38)44)39-18-20-2-7-23(36)8-3-20)17-26(25-11-6-22(34)16-27(25)35)30(40)21-4-9-24(10-5-21)45-19-29(37)42/h2-11,16-17,39H,12-15,18-19H2,1H3,(H2,37,42)(H2,38,44). The van der Waals surface area contributed by atoms with Crippen LogP contribution in [0.1, 0.15) is 28.9 Å². The number of carbonyl (C=O) groups excluding carboxylic acids is 3. The Balaban J connectivity index is 1.42. The highest BCUT2D eigenvalue weighted by atomic mass is 35.5. The van der Waals surface area contributed by atoms with E-state index in [1.807, 2.05) is 16.7 Å². The van der Waals surface area contributed by atoms with E-state index in [-0.39, 0.29) is 18.3 Å². The molecule has 0 radical (unpaired) electrons. The summed E-state index contributed by atoms with van der Waals surface area (Å²) in [5.74, 6) is -1.17. The van der Waals surface area contributed by atoms with Crippen LogP contribution in [0, 0.1) is 5.82 Å².